The van der Waals surface area contributed by atoms with Gasteiger partial charge in [-0.15, -0.1) is 24.0 Å². The minimum absolute atomic E-state index is 0. The van der Waals surface area contributed by atoms with E-state index in [9.17, 15) is 0 Å². The molecule has 0 spiro atoms. The lowest BCUT2D eigenvalue weighted by Crippen LogP contribution is -2.39. The van der Waals surface area contributed by atoms with Gasteiger partial charge in [-0.25, -0.2) is 0 Å². The Kier molecular flexibility index (Phi) is 17.2. The molecule has 1 aliphatic rings. The van der Waals surface area contributed by atoms with Crippen LogP contribution in [0, 0.1) is 11.8 Å². The summed E-state index contributed by atoms with van der Waals surface area (Å²) in [4.78, 5) is 4.56. The molecule has 1 aliphatic heterocycles. The first kappa shape index (κ1) is 24.9. The number of hydrogen-bond donors (Lipinski definition) is 2. The molecule has 1 rings (SSSR count). The number of nitrogens with zero attached hydrogens (tertiary/aromatic N) is 1. The minimum atomic E-state index is 0. The van der Waals surface area contributed by atoms with Gasteiger partial charge in [-0.2, -0.15) is 0 Å². The molecule has 1 unspecified atom stereocenters. The van der Waals surface area contributed by atoms with Crippen LogP contribution < -0.4 is 10.6 Å². The van der Waals surface area contributed by atoms with E-state index in [1.807, 2.05) is 0 Å². The summed E-state index contributed by atoms with van der Waals surface area (Å²) in [6.45, 7) is 13.8. The van der Waals surface area contributed by atoms with Crippen LogP contribution >= 0.6 is 24.0 Å². The second-order valence-corrected chi connectivity index (χ2v) is 6.64. The molecule has 0 aromatic carbocycles. The molecule has 25 heavy (non-hydrogen) atoms. The van der Waals surface area contributed by atoms with Crippen LogP contribution in [0.2, 0.25) is 0 Å². The van der Waals surface area contributed by atoms with Crippen LogP contribution in [0.1, 0.15) is 40.0 Å². The van der Waals surface area contributed by atoms with Gasteiger partial charge in [0.05, 0.1) is 19.8 Å². The first-order valence-electron chi connectivity index (χ1n) is 9.47. The van der Waals surface area contributed by atoms with Gasteiger partial charge in [0.15, 0.2) is 5.96 Å². The summed E-state index contributed by atoms with van der Waals surface area (Å²) in [7, 11) is 0. The van der Waals surface area contributed by atoms with E-state index in [1.54, 1.807) is 0 Å². The van der Waals surface area contributed by atoms with Crippen LogP contribution in [0.15, 0.2) is 4.99 Å². The van der Waals surface area contributed by atoms with E-state index in [0.717, 1.165) is 77.9 Å². The summed E-state index contributed by atoms with van der Waals surface area (Å²) in [5.74, 6) is 2.14. The number of guanidine groups is 1. The largest absolute Gasteiger partial charge is 0.381 e. The zero-order valence-electron chi connectivity index (χ0n) is 16.2. The summed E-state index contributed by atoms with van der Waals surface area (Å²) in [6, 6.07) is 0. The van der Waals surface area contributed by atoms with Crippen molar-refractivity contribution in [2.24, 2.45) is 16.8 Å². The average Bonchev–Trinajstić information content (AvgIpc) is 3.06. The SMILES string of the molecule is CCNC(=NCCCOCC1CCOC1)NCCOCCC(C)C.I. The second kappa shape index (κ2) is 17.3. The monoisotopic (exact) mass is 471 g/mol. The molecule has 0 aliphatic carbocycles. The number of ether oxygens (including phenoxy) is 3. The number of hydrogen-bond acceptors (Lipinski definition) is 4. The van der Waals surface area contributed by atoms with Gasteiger partial charge in [0, 0.05) is 45.4 Å². The van der Waals surface area contributed by atoms with E-state index in [1.165, 1.54) is 0 Å². The highest BCUT2D eigenvalue weighted by atomic mass is 127. The first-order chi connectivity index (χ1) is 11.7. The Morgan fingerprint density at radius 2 is 2.04 bits per heavy atom. The van der Waals surface area contributed by atoms with Crippen molar-refractivity contribution in [3.8, 4) is 0 Å². The van der Waals surface area contributed by atoms with Crippen molar-refractivity contribution in [3.63, 3.8) is 0 Å². The molecular formula is C18H38IN3O3. The van der Waals surface area contributed by atoms with E-state index < -0.39 is 0 Å². The number of halogens is 1. The fraction of sp³-hybridized carbons (Fsp3) is 0.944. The Morgan fingerprint density at radius 1 is 1.20 bits per heavy atom. The van der Waals surface area contributed by atoms with Crippen LogP contribution in [-0.4, -0.2) is 65.2 Å². The zero-order valence-corrected chi connectivity index (χ0v) is 18.6. The highest BCUT2D eigenvalue weighted by Crippen LogP contribution is 2.12. The van der Waals surface area contributed by atoms with E-state index in [2.05, 4.69) is 36.4 Å². The Hall–Kier alpha value is -0.120. The fourth-order valence-electron chi connectivity index (χ4n) is 2.33. The van der Waals surface area contributed by atoms with E-state index in [4.69, 9.17) is 14.2 Å². The van der Waals surface area contributed by atoms with Crippen molar-refractivity contribution >= 4 is 29.9 Å². The summed E-state index contributed by atoms with van der Waals surface area (Å²) in [5, 5.41) is 6.55. The molecule has 2 N–H and O–H groups in total. The molecule has 1 heterocycles. The van der Waals surface area contributed by atoms with Crippen LogP contribution in [-0.2, 0) is 14.2 Å². The lowest BCUT2D eigenvalue weighted by molar-refractivity contribution is 0.0893. The smallest absolute Gasteiger partial charge is 0.191 e. The van der Waals surface area contributed by atoms with Crippen molar-refractivity contribution in [1.29, 1.82) is 0 Å². The molecule has 1 fully saturated rings. The topological polar surface area (TPSA) is 64.1 Å². The van der Waals surface area contributed by atoms with E-state index >= 15 is 0 Å². The predicted molar refractivity (Wildman–Crippen MR) is 114 cm³/mol. The van der Waals surface area contributed by atoms with Crippen LogP contribution in [0.3, 0.4) is 0 Å². The molecule has 6 nitrogen and oxygen atoms in total. The quantitative estimate of drug-likeness (QED) is 0.187. The van der Waals surface area contributed by atoms with Crippen molar-refractivity contribution in [1.82, 2.24) is 10.6 Å². The minimum Gasteiger partial charge on any atom is -0.381 e. The molecule has 0 saturated carbocycles. The van der Waals surface area contributed by atoms with Gasteiger partial charge >= 0.3 is 0 Å². The molecule has 0 aromatic heterocycles. The lowest BCUT2D eigenvalue weighted by atomic mass is 10.1. The van der Waals surface area contributed by atoms with Crippen molar-refractivity contribution < 1.29 is 14.2 Å². The standard InChI is InChI=1S/C18H37N3O3.HI/c1-4-19-18(21-9-13-22-11-6-16(2)3)20-8-5-10-23-14-17-7-12-24-15-17;/h16-17H,4-15H2,1-3H3,(H2,19,20,21);1H. The van der Waals surface area contributed by atoms with Crippen molar-refractivity contribution in [2.75, 3.05) is 59.3 Å². The third-order valence-electron chi connectivity index (χ3n) is 3.82. The molecule has 0 radical (unpaired) electrons. The zero-order chi connectivity index (χ0) is 17.5. The second-order valence-electron chi connectivity index (χ2n) is 6.64. The summed E-state index contributed by atoms with van der Waals surface area (Å²) in [6.07, 6.45) is 3.18. The van der Waals surface area contributed by atoms with Gasteiger partial charge in [0.25, 0.3) is 0 Å². The Balaban J connectivity index is 0.00000576. The molecule has 7 heteroatoms. The third-order valence-corrected chi connectivity index (χ3v) is 3.82. The molecule has 0 bridgehead atoms. The van der Waals surface area contributed by atoms with Crippen LogP contribution in [0.25, 0.3) is 0 Å². The highest BCUT2D eigenvalue weighted by Gasteiger charge is 2.15. The molecular weight excluding hydrogens is 433 g/mol. The maximum absolute atomic E-state index is 5.69. The normalized spacial score (nSPS) is 17.6. The van der Waals surface area contributed by atoms with Gasteiger partial charge in [-0.05, 0) is 32.1 Å². The summed E-state index contributed by atoms with van der Waals surface area (Å²) < 4.78 is 16.6. The Labute approximate surface area is 170 Å². The molecule has 0 amide bonds. The fourth-order valence-corrected chi connectivity index (χ4v) is 2.33. The number of nitrogens with one attached hydrogen (secondary N) is 2. The Bertz CT molecular complexity index is 325. The lowest BCUT2D eigenvalue weighted by Gasteiger charge is -2.12. The van der Waals surface area contributed by atoms with E-state index in [-0.39, 0.29) is 24.0 Å². The number of rotatable bonds is 13. The Morgan fingerprint density at radius 3 is 2.72 bits per heavy atom. The third kappa shape index (κ3) is 14.7. The van der Waals surface area contributed by atoms with Crippen LogP contribution in [0.5, 0.6) is 0 Å². The van der Waals surface area contributed by atoms with Crippen molar-refractivity contribution in [2.45, 2.75) is 40.0 Å². The van der Waals surface area contributed by atoms with Crippen LogP contribution in [0.4, 0.5) is 0 Å². The van der Waals surface area contributed by atoms with Gasteiger partial charge in [0.2, 0.25) is 0 Å². The molecule has 1 atom stereocenters. The average molecular weight is 471 g/mol. The first-order valence-corrected chi connectivity index (χ1v) is 9.47. The predicted octanol–water partition coefficient (Wildman–Crippen LogP) is 2.67. The maximum Gasteiger partial charge on any atom is 0.191 e. The van der Waals surface area contributed by atoms with Gasteiger partial charge in [-0.3, -0.25) is 4.99 Å². The maximum atomic E-state index is 5.69. The van der Waals surface area contributed by atoms with E-state index in [0.29, 0.717) is 18.4 Å². The van der Waals surface area contributed by atoms with Gasteiger partial charge < -0.3 is 24.8 Å². The van der Waals surface area contributed by atoms with Gasteiger partial charge in [-0.1, -0.05) is 13.8 Å². The number of aliphatic imine (C=N–C) groups is 1. The molecule has 150 valence electrons. The highest BCUT2D eigenvalue weighted by molar-refractivity contribution is 14.0. The van der Waals surface area contributed by atoms with Crippen molar-refractivity contribution in [3.05, 3.63) is 0 Å². The molecule has 0 aromatic rings. The molecule has 1 saturated heterocycles. The van der Waals surface area contributed by atoms with Gasteiger partial charge in [0.1, 0.15) is 0 Å². The summed E-state index contributed by atoms with van der Waals surface area (Å²) in [5.41, 5.74) is 0. The summed E-state index contributed by atoms with van der Waals surface area (Å²) >= 11 is 0.